The lowest BCUT2D eigenvalue weighted by atomic mass is 9.82. The SMILES string of the molecule is Cn1c(Nc2cc(CNC(=O)C3(C(F)(F)F)CC3)ccc2Cl)nc2cc(F)c(N3CCC(C)(C)CC3)c(F)c21. The third kappa shape index (κ3) is 5.01. The molecule has 0 bridgehead atoms. The number of anilines is 3. The molecule has 0 radical (unpaired) electrons. The number of hydrogen-bond donors (Lipinski definition) is 2. The Labute approximate surface area is 227 Å². The molecule has 1 aliphatic carbocycles. The van der Waals surface area contributed by atoms with E-state index in [-0.39, 0.29) is 52.5 Å². The third-order valence-electron chi connectivity index (χ3n) is 7.92. The maximum atomic E-state index is 15.7. The summed E-state index contributed by atoms with van der Waals surface area (Å²) in [5.74, 6) is -2.25. The van der Waals surface area contributed by atoms with Gasteiger partial charge < -0.3 is 20.1 Å². The number of imidazole rings is 1. The van der Waals surface area contributed by atoms with Crippen LogP contribution in [-0.2, 0) is 18.4 Å². The number of rotatable bonds is 6. The fourth-order valence-corrected chi connectivity index (χ4v) is 5.20. The number of aromatic nitrogens is 2. The molecule has 2 aromatic carbocycles. The van der Waals surface area contributed by atoms with Gasteiger partial charge >= 0.3 is 6.18 Å². The van der Waals surface area contributed by atoms with Crippen LogP contribution in [0.4, 0.5) is 39.3 Å². The Morgan fingerprint density at radius 2 is 1.77 bits per heavy atom. The molecule has 1 aromatic heterocycles. The van der Waals surface area contributed by atoms with E-state index in [1.807, 2.05) is 0 Å². The minimum atomic E-state index is -4.59. The van der Waals surface area contributed by atoms with Crippen molar-refractivity contribution in [3.8, 4) is 0 Å². The molecule has 12 heteroatoms. The average molecular weight is 570 g/mol. The van der Waals surface area contributed by atoms with Crippen LogP contribution in [-0.4, -0.2) is 34.7 Å². The normalized spacial score (nSPS) is 18.3. The van der Waals surface area contributed by atoms with Crippen molar-refractivity contribution in [2.24, 2.45) is 17.9 Å². The second kappa shape index (κ2) is 9.53. The van der Waals surface area contributed by atoms with Gasteiger partial charge in [0.15, 0.2) is 11.6 Å². The van der Waals surface area contributed by atoms with Crippen molar-refractivity contribution in [2.75, 3.05) is 23.3 Å². The largest absolute Gasteiger partial charge is 0.403 e. The van der Waals surface area contributed by atoms with Crippen molar-refractivity contribution in [3.05, 3.63) is 46.5 Å². The van der Waals surface area contributed by atoms with E-state index in [0.29, 0.717) is 24.3 Å². The van der Waals surface area contributed by atoms with E-state index in [4.69, 9.17) is 11.6 Å². The van der Waals surface area contributed by atoms with Crippen LogP contribution in [0.25, 0.3) is 11.0 Å². The molecule has 1 aliphatic heterocycles. The maximum Gasteiger partial charge on any atom is 0.403 e. The zero-order chi connectivity index (χ0) is 28.3. The van der Waals surface area contributed by atoms with Crippen LogP contribution >= 0.6 is 11.6 Å². The highest BCUT2D eigenvalue weighted by Crippen LogP contribution is 2.57. The Hall–Kier alpha value is -3.08. The first-order valence-electron chi connectivity index (χ1n) is 12.7. The number of fused-ring (bicyclic) bond motifs is 1. The summed E-state index contributed by atoms with van der Waals surface area (Å²) in [6, 6.07) is 5.88. The summed E-state index contributed by atoms with van der Waals surface area (Å²) in [4.78, 5) is 18.3. The lowest BCUT2D eigenvalue weighted by Gasteiger charge is -2.38. The van der Waals surface area contributed by atoms with E-state index in [9.17, 15) is 18.0 Å². The van der Waals surface area contributed by atoms with E-state index >= 15 is 8.78 Å². The lowest BCUT2D eigenvalue weighted by Crippen LogP contribution is -2.40. The molecule has 210 valence electrons. The Morgan fingerprint density at radius 3 is 2.38 bits per heavy atom. The second-order valence-electron chi connectivity index (χ2n) is 11.2. The van der Waals surface area contributed by atoms with Gasteiger partial charge in [-0.1, -0.05) is 31.5 Å². The van der Waals surface area contributed by atoms with Gasteiger partial charge in [-0.2, -0.15) is 13.2 Å². The molecule has 1 amide bonds. The molecule has 39 heavy (non-hydrogen) atoms. The van der Waals surface area contributed by atoms with Crippen molar-refractivity contribution in [2.45, 2.75) is 52.3 Å². The van der Waals surface area contributed by atoms with Gasteiger partial charge in [0, 0.05) is 32.7 Å². The molecule has 0 spiro atoms. The maximum absolute atomic E-state index is 15.7. The molecule has 1 saturated carbocycles. The summed E-state index contributed by atoms with van der Waals surface area (Å²) in [7, 11) is 1.59. The van der Waals surface area contributed by atoms with Crippen molar-refractivity contribution in [1.82, 2.24) is 14.9 Å². The molecule has 6 nitrogen and oxygen atoms in total. The van der Waals surface area contributed by atoms with Gasteiger partial charge in [0.2, 0.25) is 11.9 Å². The summed E-state index contributed by atoms with van der Waals surface area (Å²) in [5, 5.41) is 5.64. The average Bonchev–Trinajstić information content (AvgIpc) is 3.62. The van der Waals surface area contributed by atoms with E-state index in [0.717, 1.165) is 12.8 Å². The van der Waals surface area contributed by atoms with Crippen LogP contribution in [0.5, 0.6) is 0 Å². The van der Waals surface area contributed by atoms with Crippen LogP contribution in [0, 0.1) is 22.5 Å². The van der Waals surface area contributed by atoms with Gasteiger partial charge in [0.1, 0.15) is 16.6 Å². The van der Waals surface area contributed by atoms with Gasteiger partial charge in [-0.05, 0) is 48.8 Å². The number of alkyl halides is 3. The molecule has 2 N–H and O–H groups in total. The van der Waals surface area contributed by atoms with Crippen molar-refractivity contribution < 1.29 is 26.7 Å². The standard InChI is InChI=1S/C27H29ClF5N5O/c1-25(2)8-10-38(11-9-25)21-17(29)13-19-22(20(21)30)37(3)24(36-19)35-18-12-15(4-5-16(18)28)14-34-23(39)26(6-7-26)27(31,32)33/h4-5,12-13H,6-11,14H2,1-3H3,(H,34,39)(H,35,36). The number of nitrogens with zero attached hydrogens (tertiary/aromatic N) is 3. The van der Waals surface area contributed by atoms with Crippen molar-refractivity contribution in [3.63, 3.8) is 0 Å². The highest BCUT2D eigenvalue weighted by atomic mass is 35.5. The predicted molar refractivity (Wildman–Crippen MR) is 140 cm³/mol. The zero-order valence-corrected chi connectivity index (χ0v) is 22.5. The minimum absolute atomic E-state index is 0.0735. The number of benzene rings is 2. The van der Waals surface area contributed by atoms with E-state index < -0.39 is 29.1 Å². The fraction of sp³-hybridized carbons (Fsp3) is 0.481. The summed E-state index contributed by atoms with van der Waals surface area (Å²) in [6.07, 6.45) is -3.42. The smallest absolute Gasteiger partial charge is 0.367 e. The highest BCUT2D eigenvalue weighted by molar-refractivity contribution is 6.33. The van der Waals surface area contributed by atoms with Gasteiger partial charge in [0.05, 0.1) is 16.2 Å². The molecule has 2 aliphatic rings. The van der Waals surface area contributed by atoms with Crippen LogP contribution in [0.3, 0.4) is 0 Å². The van der Waals surface area contributed by atoms with E-state index in [1.54, 1.807) is 24.1 Å². The number of carbonyl (C=O) groups is 1. The topological polar surface area (TPSA) is 62.2 Å². The number of piperidine rings is 1. The zero-order valence-electron chi connectivity index (χ0n) is 21.8. The van der Waals surface area contributed by atoms with Crippen LogP contribution in [0.15, 0.2) is 24.3 Å². The van der Waals surface area contributed by atoms with Crippen LogP contribution in [0.2, 0.25) is 5.02 Å². The fourth-order valence-electron chi connectivity index (χ4n) is 5.04. The van der Waals surface area contributed by atoms with Crippen molar-refractivity contribution in [1.29, 1.82) is 0 Å². The number of halogens is 6. The van der Waals surface area contributed by atoms with Gasteiger partial charge in [-0.15, -0.1) is 0 Å². The quantitative estimate of drug-likeness (QED) is 0.319. The molecule has 2 fully saturated rings. The third-order valence-corrected chi connectivity index (χ3v) is 8.25. The lowest BCUT2D eigenvalue weighted by molar-refractivity contribution is -0.192. The summed E-state index contributed by atoms with van der Waals surface area (Å²) >= 11 is 6.33. The Balaban J connectivity index is 1.37. The molecule has 0 unspecified atom stereocenters. The number of amides is 1. The summed E-state index contributed by atoms with van der Waals surface area (Å²) < 4.78 is 71.9. The molecule has 1 saturated heterocycles. The second-order valence-corrected chi connectivity index (χ2v) is 11.6. The number of nitrogens with one attached hydrogen (secondary N) is 2. The first kappa shape index (κ1) is 27.5. The molecule has 5 rings (SSSR count). The Kier molecular flexibility index (Phi) is 6.72. The Morgan fingerprint density at radius 1 is 1.10 bits per heavy atom. The Bertz CT molecular complexity index is 1440. The van der Waals surface area contributed by atoms with Gasteiger partial charge in [0.25, 0.3) is 0 Å². The first-order valence-corrected chi connectivity index (χ1v) is 13.1. The predicted octanol–water partition coefficient (Wildman–Crippen LogP) is 6.83. The number of aryl methyl sites for hydroxylation is 1. The van der Waals surface area contributed by atoms with Gasteiger partial charge in [-0.25, -0.2) is 13.8 Å². The molecule has 0 atom stereocenters. The first-order chi connectivity index (χ1) is 18.2. The van der Waals surface area contributed by atoms with Crippen LogP contribution < -0.4 is 15.5 Å². The number of carbonyl (C=O) groups excluding carboxylic acids is 1. The van der Waals surface area contributed by atoms with E-state index in [1.165, 1.54) is 16.7 Å². The van der Waals surface area contributed by atoms with Crippen molar-refractivity contribution >= 4 is 45.9 Å². The monoisotopic (exact) mass is 569 g/mol. The molecular formula is C27H29ClF5N5O. The minimum Gasteiger partial charge on any atom is -0.367 e. The number of hydrogen-bond acceptors (Lipinski definition) is 4. The summed E-state index contributed by atoms with van der Waals surface area (Å²) in [6.45, 7) is 5.22. The summed E-state index contributed by atoms with van der Waals surface area (Å²) in [5.41, 5.74) is -1.17. The van der Waals surface area contributed by atoms with Gasteiger partial charge in [-0.3, -0.25) is 4.79 Å². The van der Waals surface area contributed by atoms with E-state index in [2.05, 4.69) is 29.5 Å². The highest BCUT2D eigenvalue weighted by Gasteiger charge is 2.68. The van der Waals surface area contributed by atoms with Crippen LogP contribution in [0.1, 0.15) is 45.1 Å². The molecular weight excluding hydrogens is 541 g/mol. The molecule has 2 heterocycles. The molecule has 3 aromatic rings.